The minimum absolute atomic E-state index is 0.635. The summed E-state index contributed by atoms with van der Waals surface area (Å²) >= 11 is 0. The Labute approximate surface area is 130 Å². The van der Waals surface area contributed by atoms with Gasteiger partial charge in [0, 0.05) is 6.54 Å². The molecule has 1 N–H and O–H groups in total. The second kappa shape index (κ2) is 10.5. The van der Waals surface area contributed by atoms with E-state index in [-0.39, 0.29) is 0 Å². The highest BCUT2D eigenvalue weighted by atomic mass is 16.5. The lowest BCUT2D eigenvalue weighted by atomic mass is 10.0. The summed E-state index contributed by atoms with van der Waals surface area (Å²) in [6, 6.07) is 6.19. The zero-order valence-corrected chi connectivity index (χ0v) is 14.1. The number of benzene rings is 1. The molecule has 1 atom stereocenters. The number of hydrogen-bond acceptors (Lipinski definition) is 3. The lowest BCUT2D eigenvalue weighted by molar-refractivity contribution is 0.224. The molecule has 0 aliphatic carbocycles. The molecule has 0 aliphatic rings. The Hall–Kier alpha value is -1.22. The van der Waals surface area contributed by atoms with E-state index in [1.165, 1.54) is 31.2 Å². The number of rotatable bonds is 11. The molecule has 120 valence electrons. The van der Waals surface area contributed by atoms with Crippen LogP contribution in [-0.4, -0.2) is 20.3 Å². The number of methoxy groups -OCH3 is 1. The van der Waals surface area contributed by atoms with Gasteiger partial charge in [-0.05, 0) is 36.6 Å². The molecular weight excluding hydrogens is 262 g/mol. The van der Waals surface area contributed by atoms with Gasteiger partial charge in [0.1, 0.15) is 0 Å². The third-order valence-corrected chi connectivity index (χ3v) is 3.82. The third-order valence-electron chi connectivity index (χ3n) is 3.82. The minimum Gasteiger partial charge on any atom is -0.493 e. The zero-order chi connectivity index (χ0) is 15.5. The summed E-state index contributed by atoms with van der Waals surface area (Å²) in [7, 11) is 1.70. The van der Waals surface area contributed by atoms with Crippen LogP contribution in [0.2, 0.25) is 0 Å². The van der Waals surface area contributed by atoms with Crippen LogP contribution in [-0.2, 0) is 6.54 Å². The first-order chi connectivity index (χ1) is 10.2. The summed E-state index contributed by atoms with van der Waals surface area (Å²) in [5, 5.41) is 3.32. The summed E-state index contributed by atoms with van der Waals surface area (Å²) in [6.45, 7) is 9.19. The van der Waals surface area contributed by atoms with Gasteiger partial charge >= 0.3 is 0 Å². The average molecular weight is 293 g/mol. The van der Waals surface area contributed by atoms with Crippen molar-refractivity contribution in [3.8, 4) is 11.5 Å². The Kier molecular flexibility index (Phi) is 8.91. The van der Waals surface area contributed by atoms with Gasteiger partial charge in [0.2, 0.25) is 0 Å². The Morgan fingerprint density at radius 1 is 1.14 bits per heavy atom. The fraction of sp³-hybridized carbons (Fsp3) is 0.667. The van der Waals surface area contributed by atoms with Crippen LogP contribution in [0.5, 0.6) is 11.5 Å². The van der Waals surface area contributed by atoms with Crippen molar-refractivity contribution in [2.75, 3.05) is 20.3 Å². The molecule has 0 saturated carbocycles. The molecule has 0 amide bonds. The van der Waals surface area contributed by atoms with Gasteiger partial charge in [0.15, 0.2) is 11.5 Å². The molecule has 0 aliphatic heterocycles. The molecule has 0 saturated heterocycles. The number of nitrogens with one attached hydrogen (secondary N) is 1. The second-order valence-electron chi connectivity index (χ2n) is 5.49. The average Bonchev–Trinajstić information content (AvgIpc) is 2.53. The van der Waals surface area contributed by atoms with Crippen molar-refractivity contribution in [1.82, 2.24) is 5.32 Å². The summed E-state index contributed by atoms with van der Waals surface area (Å²) in [5.74, 6) is 2.32. The van der Waals surface area contributed by atoms with Gasteiger partial charge in [-0.2, -0.15) is 0 Å². The van der Waals surface area contributed by atoms with Crippen LogP contribution in [0.25, 0.3) is 0 Å². The van der Waals surface area contributed by atoms with Crippen molar-refractivity contribution < 1.29 is 9.47 Å². The largest absolute Gasteiger partial charge is 0.493 e. The Morgan fingerprint density at radius 2 is 1.95 bits per heavy atom. The van der Waals surface area contributed by atoms with Crippen molar-refractivity contribution >= 4 is 0 Å². The minimum atomic E-state index is 0.635. The van der Waals surface area contributed by atoms with Gasteiger partial charge in [-0.3, -0.25) is 0 Å². The maximum absolute atomic E-state index is 5.99. The molecule has 0 aromatic heterocycles. The summed E-state index contributed by atoms with van der Waals surface area (Å²) in [5.41, 5.74) is 1.22. The van der Waals surface area contributed by atoms with Gasteiger partial charge in [-0.1, -0.05) is 46.1 Å². The van der Waals surface area contributed by atoms with Gasteiger partial charge < -0.3 is 14.8 Å². The van der Waals surface area contributed by atoms with Crippen molar-refractivity contribution in [1.29, 1.82) is 0 Å². The Morgan fingerprint density at radius 3 is 2.57 bits per heavy atom. The van der Waals surface area contributed by atoms with Gasteiger partial charge in [0.05, 0.1) is 13.7 Å². The molecule has 0 bridgehead atoms. The number of ether oxygens (including phenoxy) is 2. The van der Waals surface area contributed by atoms with E-state index in [2.05, 4.69) is 38.2 Å². The maximum atomic E-state index is 5.99. The molecule has 0 heterocycles. The van der Waals surface area contributed by atoms with Gasteiger partial charge in [0.25, 0.3) is 0 Å². The van der Waals surface area contributed by atoms with Gasteiger partial charge in [-0.25, -0.2) is 0 Å². The van der Waals surface area contributed by atoms with E-state index < -0.39 is 0 Å². The Balaban J connectivity index is 2.60. The van der Waals surface area contributed by atoms with E-state index in [1.54, 1.807) is 7.11 Å². The maximum Gasteiger partial charge on any atom is 0.161 e. The monoisotopic (exact) mass is 293 g/mol. The smallest absolute Gasteiger partial charge is 0.161 e. The van der Waals surface area contributed by atoms with Gasteiger partial charge in [-0.15, -0.1) is 0 Å². The molecule has 21 heavy (non-hydrogen) atoms. The number of unbranched alkanes of at least 4 members (excludes halogenated alkanes) is 1. The highest BCUT2D eigenvalue weighted by Crippen LogP contribution is 2.29. The van der Waals surface area contributed by atoms with E-state index in [0.717, 1.165) is 31.2 Å². The molecule has 0 spiro atoms. The predicted octanol–water partition coefficient (Wildman–Crippen LogP) is 4.40. The fourth-order valence-corrected chi connectivity index (χ4v) is 2.32. The first-order valence-corrected chi connectivity index (χ1v) is 8.25. The summed E-state index contributed by atoms with van der Waals surface area (Å²) < 4.78 is 11.5. The summed E-state index contributed by atoms with van der Waals surface area (Å²) in [6.07, 6.45) is 4.94. The van der Waals surface area contributed by atoms with Crippen LogP contribution in [0.4, 0.5) is 0 Å². The second-order valence-corrected chi connectivity index (χ2v) is 5.49. The first kappa shape index (κ1) is 17.8. The van der Waals surface area contributed by atoms with Crippen molar-refractivity contribution in [3.63, 3.8) is 0 Å². The van der Waals surface area contributed by atoms with Crippen LogP contribution in [0.15, 0.2) is 18.2 Å². The topological polar surface area (TPSA) is 30.5 Å². The van der Waals surface area contributed by atoms with Crippen LogP contribution in [0, 0.1) is 5.92 Å². The SMILES string of the molecule is CCCCC(CC)COc1ccc(CNCC)cc1OC. The first-order valence-electron chi connectivity index (χ1n) is 8.25. The van der Waals surface area contributed by atoms with Crippen LogP contribution in [0.3, 0.4) is 0 Å². The lowest BCUT2D eigenvalue weighted by Crippen LogP contribution is -2.13. The van der Waals surface area contributed by atoms with Crippen molar-refractivity contribution in [3.05, 3.63) is 23.8 Å². The molecule has 1 aromatic rings. The van der Waals surface area contributed by atoms with E-state index >= 15 is 0 Å². The highest BCUT2D eigenvalue weighted by Gasteiger charge is 2.10. The molecule has 3 nitrogen and oxygen atoms in total. The third kappa shape index (κ3) is 6.38. The van der Waals surface area contributed by atoms with E-state index in [9.17, 15) is 0 Å². The van der Waals surface area contributed by atoms with E-state index in [1.807, 2.05) is 6.07 Å². The molecule has 1 rings (SSSR count). The highest BCUT2D eigenvalue weighted by molar-refractivity contribution is 5.42. The van der Waals surface area contributed by atoms with Crippen molar-refractivity contribution in [2.24, 2.45) is 5.92 Å². The standard InChI is InChI=1S/C18H31NO2/c1-5-8-9-15(6-2)14-21-17-11-10-16(13-19-7-3)12-18(17)20-4/h10-12,15,19H,5-9,13-14H2,1-4H3. The normalized spacial score (nSPS) is 12.2. The van der Waals surface area contributed by atoms with Crippen molar-refractivity contribution in [2.45, 2.75) is 53.0 Å². The molecule has 1 aromatic carbocycles. The quantitative estimate of drug-likeness (QED) is 0.656. The molecule has 0 radical (unpaired) electrons. The predicted molar refractivity (Wildman–Crippen MR) is 89.2 cm³/mol. The molecule has 0 fully saturated rings. The fourth-order valence-electron chi connectivity index (χ4n) is 2.32. The Bertz CT molecular complexity index is 393. The zero-order valence-electron chi connectivity index (χ0n) is 14.1. The number of hydrogen-bond donors (Lipinski definition) is 1. The van der Waals surface area contributed by atoms with Crippen LogP contribution < -0.4 is 14.8 Å². The molecule has 3 heteroatoms. The molecule has 1 unspecified atom stereocenters. The van der Waals surface area contributed by atoms with Crippen LogP contribution >= 0.6 is 0 Å². The summed E-state index contributed by atoms with van der Waals surface area (Å²) in [4.78, 5) is 0. The van der Waals surface area contributed by atoms with E-state index in [4.69, 9.17) is 9.47 Å². The van der Waals surface area contributed by atoms with Crippen LogP contribution in [0.1, 0.15) is 52.0 Å². The molecular formula is C18H31NO2. The lowest BCUT2D eigenvalue weighted by Gasteiger charge is -2.17. The van der Waals surface area contributed by atoms with E-state index in [0.29, 0.717) is 5.92 Å².